The van der Waals surface area contributed by atoms with Crippen LogP contribution in [0.1, 0.15) is 29.7 Å². The fourth-order valence-electron chi connectivity index (χ4n) is 3.43. The standard InChI is InChI=1S/C16H16N6/c17-7-14(21-18)16-10-4-2-1-3-9(10)15-11-8-19-22-12(11)5-6-13(15)20-16/h5-8,18H,1-4,17H2,(H,19,22)/b14-7-,21-18?. The van der Waals surface area contributed by atoms with Crippen LogP contribution in [0.25, 0.3) is 27.5 Å². The third-order valence-corrected chi connectivity index (χ3v) is 4.41. The lowest BCUT2D eigenvalue weighted by atomic mass is 9.86. The maximum absolute atomic E-state index is 7.35. The summed E-state index contributed by atoms with van der Waals surface area (Å²) in [6, 6.07) is 3.98. The molecule has 22 heavy (non-hydrogen) atoms. The molecule has 1 aromatic carbocycles. The Balaban J connectivity index is 2.16. The number of hydrogen-bond acceptors (Lipinski definition) is 5. The first-order valence-corrected chi connectivity index (χ1v) is 7.40. The molecule has 2 aromatic heterocycles. The minimum atomic E-state index is 0.437. The van der Waals surface area contributed by atoms with E-state index in [1.165, 1.54) is 29.1 Å². The van der Waals surface area contributed by atoms with E-state index < -0.39 is 0 Å². The number of aryl methyl sites for hydroxylation is 1. The molecule has 0 saturated carbocycles. The number of nitrogens with zero attached hydrogens (tertiary/aromatic N) is 3. The lowest BCUT2D eigenvalue weighted by Crippen LogP contribution is -2.09. The molecule has 0 amide bonds. The highest BCUT2D eigenvalue weighted by Gasteiger charge is 2.21. The number of H-pyrrole nitrogens is 1. The molecular weight excluding hydrogens is 276 g/mol. The SMILES string of the molecule is N=N/C(=C\N)c1nc2ccc3[nH]ncc3c2c2c1CCCC2. The normalized spacial score (nSPS) is 15.2. The molecule has 0 unspecified atom stereocenters. The number of rotatable bonds is 2. The van der Waals surface area contributed by atoms with Gasteiger partial charge in [-0.2, -0.15) is 10.2 Å². The predicted octanol–water partition coefficient (Wildman–Crippen LogP) is 3.28. The van der Waals surface area contributed by atoms with Crippen LogP contribution in [-0.2, 0) is 12.8 Å². The van der Waals surface area contributed by atoms with E-state index in [2.05, 4.69) is 15.3 Å². The van der Waals surface area contributed by atoms with E-state index in [1.807, 2.05) is 18.3 Å². The molecule has 0 fully saturated rings. The maximum Gasteiger partial charge on any atom is 0.126 e. The Bertz CT molecular complexity index is 921. The number of nitrogens with one attached hydrogen (secondary N) is 2. The number of fused-ring (bicyclic) bond motifs is 5. The number of hydrogen-bond donors (Lipinski definition) is 3. The van der Waals surface area contributed by atoms with Crippen molar-refractivity contribution in [2.45, 2.75) is 25.7 Å². The molecule has 1 aliphatic carbocycles. The molecule has 2 heterocycles. The van der Waals surface area contributed by atoms with Crippen molar-refractivity contribution in [1.82, 2.24) is 15.2 Å². The average Bonchev–Trinajstić information content (AvgIpc) is 3.04. The van der Waals surface area contributed by atoms with E-state index in [-0.39, 0.29) is 0 Å². The van der Waals surface area contributed by atoms with E-state index in [1.54, 1.807) is 0 Å². The lowest BCUT2D eigenvalue weighted by molar-refractivity contribution is 0.685. The molecule has 0 spiro atoms. The van der Waals surface area contributed by atoms with E-state index in [9.17, 15) is 0 Å². The fraction of sp³-hybridized carbons (Fsp3) is 0.250. The van der Waals surface area contributed by atoms with Crippen molar-refractivity contribution in [3.05, 3.63) is 41.4 Å². The van der Waals surface area contributed by atoms with Gasteiger partial charge in [-0.3, -0.25) is 5.10 Å². The highest BCUT2D eigenvalue weighted by molar-refractivity contribution is 6.07. The van der Waals surface area contributed by atoms with Crippen molar-refractivity contribution in [3.8, 4) is 0 Å². The van der Waals surface area contributed by atoms with Crippen molar-refractivity contribution in [2.24, 2.45) is 10.8 Å². The molecule has 6 heteroatoms. The Morgan fingerprint density at radius 3 is 2.86 bits per heavy atom. The predicted molar refractivity (Wildman–Crippen MR) is 85.3 cm³/mol. The molecule has 4 N–H and O–H groups in total. The molecule has 4 rings (SSSR count). The summed E-state index contributed by atoms with van der Waals surface area (Å²) in [5.74, 6) is 0. The zero-order valence-electron chi connectivity index (χ0n) is 12.1. The van der Waals surface area contributed by atoms with E-state index in [0.29, 0.717) is 5.70 Å². The summed E-state index contributed by atoms with van der Waals surface area (Å²) in [4.78, 5) is 4.76. The minimum Gasteiger partial charge on any atom is -0.403 e. The Kier molecular flexibility index (Phi) is 2.89. The third kappa shape index (κ3) is 1.73. The summed E-state index contributed by atoms with van der Waals surface area (Å²) >= 11 is 0. The second-order valence-electron chi connectivity index (χ2n) is 5.58. The van der Waals surface area contributed by atoms with Gasteiger partial charge in [0.2, 0.25) is 0 Å². The number of aromatic amines is 1. The van der Waals surface area contributed by atoms with Gasteiger partial charge in [0, 0.05) is 17.0 Å². The molecule has 0 radical (unpaired) electrons. The molecule has 0 saturated heterocycles. The molecule has 6 nitrogen and oxygen atoms in total. The van der Waals surface area contributed by atoms with Crippen LogP contribution in [-0.4, -0.2) is 15.2 Å². The molecule has 0 bridgehead atoms. The first kappa shape index (κ1) is 12.9. The van der Waals surface area contributed by atoms with Crippen molar-refractivity contribution < 1.29 is 0 Å². The summed E-state index contributed by atoms with van der Waals surface area (Å²) in [6.45, 7) is 0. The van der Waals surface area contributed by atoms with Gasteiger partial charge in [0.05, 0.1) is 22.9 Å². The second kappa shape index (κ2) is 4.91. The molecule has 3 aromatic rings. The third-order valence-electron chi connectivity index (χ3n) is 4.41. The first-order chi connectivity index (χ1) is 10.8. The van der Waals surface area contributed by atoms with Gasteiger partial charge in [0.25, 0.3) is 0 Å². The second-order valence-corrected chi connectivity index (χ2v) is 5.58. The summed E-state index contributed by atoms with van der Waals surface area (Å²) in [6.07, 6.45) is 7.50. The van der Waals surface area contributed by atoms with Crippen LogP contribution >= 0.6 is 0 Å². The van der Waals surface area contributed by atoms with Gasteiger partial charge >= 0.3 is 0 Å². The van der Waals surface area contributed by atoms with Crippen LogP contribution in [0.4, 0.5) is 0 Å². The summed E-state index contributed by atoms with van der Waals surface area (Å²) in [7, 11) is 0. The minimum absolute atomic E-state index is 0.437. The average molecular weight is 292 g/mol. The van der Waals surface area contributed by atoms with Gasteiger partial charge in [-0.25, -0.2) is 10.5 Å². The fourth-order valence-corrected chi connectivity index (χ4v) is 3.43. The molecule has 110 valence electrons. The van der Waals surface area contributed by atoms with Crippen LogP contribution in [0.2, 0.25) is 0 Å². The van der Waals surface area contributed by atoms with Gasteiger partial charge in [0.15, 0.2) is 0 Å². The lowest BCUT2D eigenvalue weighted by Gasteiger charge is -2.21. The van der Waals surface area contributed by atoms with Gasteiger partial charge in [-0.1, -0.05) is 0 Å². The zero-order chi connectivity index (χ0) is 15.1. The monoisotopic (exact) mass is 292 g/mol. The molecule has 1 aliphatic rings. The maximum atomic E-state index is 7.35. The topological polar surface area (TPSA) is 104 Å². The Labute approximate surface area is 126 Å². The van der Waals surface area contributed by atoms with Gasteiger partial charge in [0.1, 0.15) is 5.70 Å². The van der Waals surface area contributed by atoms with Crippen LogP contribution in [0.15, 0.2) is 29.6 Å². The molecular formula is C16H16N6. The molecule has 0 atom stereocenters. The number of aromatic nitrogens is 3. The van der Waals surface area contributed by atoms with E-state index >= 15 is 0 Å². The van der Waals surface area contributed by atoms with E-state index in [0.717, 1.165) is 41.4 Å². The number of pyridine rings is 1. The quantitative estimate of drug-likeness (QED) is 0.631. The van der Waals surface area contributed by atoms with Crippen LogP contribution in [0.3, 0.4) is 0 Å². The Morgan fingerprint density at radius 1 is 1.27 bits per heavy atom. The van der Waals surface area contributed by atoms with Crippen LogP contribution in [0.5, 0.6) is 0 Å². The summed E-state index contributed by atoms with van der Waals surface area (Å²) in [5.41, 5.74) is 18.6. The number of benzene rings is 1. The van der Waals surface area contributed by atoms with E-state index in [4.69, 9.17) is 16.2 Å². The smallest absolute Gasteiger partial charge is 0.126 e. The van der Waals surface area contributed by atoms with Crippen molar-refractivity contribution in [1.29, 1.82) is 5.53 Å². The zero-order valence-corrected chi connectivity index (χ0v) is 12.1. The van der Waals surface area contributed by atoms with Crippen LogP contribution < -0.4 is 5.73 Å². The Morgan fingerprint density at radius 2 is 2.09 bits per heavy atom. The number of nitrogens with two attached hydrogens (primary N) is 1. The highest BCUT2D eigenvalue weighted by Crippen LogP contribution is 2.36. The van der Waals surface area contributed by atoms with Gasteiger partial charge < -0.3 is 5.73 Å². The van der Waals surface area contributed by atoms with Crippen LogP contribution in [0, 0.1) is 5.53 Å². The van der Waals surface area contributed by atoms with Gasteiger partial charge in [-0.05, 0) is 48.9 Å². The van der Waals surface area contributed by atoms with Crippen molar-refractivity contribution in [3.63, 3.8) is 0 Å². The van der Waals surface area contributed by atoms with Gasteiger partial charge in [-0.15, -0.1) is 0 Å². The van der Waals surface area contributed by atoms with Crippen molar-refractivity contribution in [2.75, 3.05) is 0 Å². The first-order valence-electron chi connectivity index (χ1n) is 7.40. The Hall–Kier alpha value is -2.76. The van der Waals surface area contributed by atoms with Crippen molar-refractivity contribution >= 4 is 27.5 Å². The largest absolute Gasteiger partial charge is 0.403 e. The summed E-state index contributed by atoms with van der Waals surface area (Å²) in [5, 5.41) is 13.0. The highest BCUT2D eigenvalue weighted by atomic mass is 15.1. The molecule has 0 aliphatic heterocycles. The summed E-state index contributed by atoms with van der Waals surface area (Å²) < 4.78 is 0.